The first kappa shape index (κ1) is 12.9. The summed E-state index contributed by atoms with van der Waals surface area (Å²) >= 11 is 0. The predicted molar refractivity (Wildman–Crippen MR) is 68.2 cm³/mol. The molecule has 2 heterocycles. The van der Waals surface area contributed by atoms with Crippen molar-refractivity contribution in [3.05, 3.63) is 42.1 Å². The summed E-state index contributed by atoms with van der Waals surface area (Å²) in [5, 5.41) is 3.90. The first-order valence-electron chi connectivity index (χ1n) is 6.47. The smallest absolute Gasteiger partial charge is 0.280 e. The minimum absolute atomic E-state index is 0.245. The van der Waals surface area contributed by atoms with Crippen molar-refractivity contribution in [1.29, 1.82) is 0 Å². The highest BCUT2D eigenvalue weighted by atomic mass is 19.3. The van der Waals surface area contributed by atoms with Crippen LogP contribution in [0.4, 0.5) is 8.78 Å². The fraction of sp³-hybridized carbons (Fsp3) is 0.357. The number of pyridine rings is 1. The summed E-state index contributed by atoms with van der Waals surface area (Å²) in [6.07, 6.45) is 5.91. The first-order chi connectivity index (χ1) is 9.74. The number of alkyl halides is 2. The molecule has 1 aliphatic carbocycles. The molecular weight excluding hydrogens is 264 g/mol. The normalized spacial score (nSPS) is 18.6. The van der Waals surface area contributed by atoms with Crippen molar-refractivity contribution in [2.24, 2.45) is 0 Å². The number of nitrogens with zero attached hydrogens (tertiary/aromatic N) is 3. The Labute approximate surface area is 114 Å². The molecule has 0 N–H and O–H groups in total. The van der Waals surface area contributed by atoms with Crippen LogP contribution in [-0.2, 0) is 0 Å². The third-order valence-corrected chi connectivity index (χ3v) is 3.33. The lowest BCUT2D eigenvalue weighted by Gasteiger charge is -2.12. The average molecular weight is 277 g/mol. The number of rotatable bonds is 3. The molecule has 3 rings (SSSR count). The lowest BCUT2D eigenvalue weighted by molar-refractivity contribution is 0.146. The molecule has 0 saturated carbocycles. The Morgan fingerprint density at radius 2 is 2.15 bits per heavy atom. The summed E-state index contributed by atoms with van der Waals surface area (Å²) in [7, 11) is 0. The van der Waals surface area contributed by atoms with Crippen molar-refractivity contribution in [1.82, 2.24) is 15.1 Å². The monoisotopic (exact) mass is 277 g/mol. The number of halogens is 2. The topological polar surface area (TPSA) is 51.8 Å². The third kappa shape index (κ3) is 2.59. The van der Waals surface area contributed by atoms with Crippen molar-refractivity contribution >= 4 is 0 Å². The molecule has 2 aromatic rings. The Kier molecular flexibility index (Phi) is 3.54. The molecule has 1 atom stereocenters. The van der Waals surface area contributed by atoms with Crippen LogP contribution in [0.5, 0.6) is 0 Å². The number of hydrogen-bond acceptors (Lipinski definition) is 4. The Bertz CT molecular complexity index is 607. The van der Waals surface area contributed by atoms with Crippen LogP contribution in [0, 0.1) is 0 Å². The molecule has 20 heavy (non-hydrogen) atoms. The number of allylic oxidation sites excluding steroid dienone is 2. The van der Waals surface area contributed by atoms with Gasteiger partial charge in [-0.15, -0.1) is 0 Å². The summed E-state index contributed by atoms with van der Waals surface area (Å²) in [6.45, 7) is 0. The second-order valence-electron chi connectivity index (χ2n) is 4.71. The molecule has 0 radical (unpaired) electrons. The van der Waals surface area contributed by atoms with Crippen molar-refractivity contribution in [2.45, 2.75) is 31.6 Å². The SMILES string of the molecule is FC(F)c1ccc(-c2noc(C3CC=CCC3)n2)cn1. The minimum Gasteiger partial charge on any atom is -0.339 e. The standard InChI is InChI=1S/C14H13F2N3O/c15-12(16)11-7-6-10(8-17-11)13-18-14(20-19-13)9-4-2-1-3-5-9/h1-2,6-9,12H,3-5H2. The van der Waals surface area contributed by atoms with E-state index in [1.807, 2.05) is 0 Å². The quantitative estimate of drug-likeness (QED) is 0.798. The molecule has 0 bridgehead atoms. The van der Waals surface area contributed by atoms with Crippen LogP contribution in [0.15, 0.2) is 35.0 Å². The van der Waals surface area contributed by atoms with Crippen LogP contribution in [0.2, 0.25) is 0 Å². The maximum absolute atomic E-state index is 12.4. The van der Waals surface area contributed by atoms with Gasteiger partial charge in [-0.1, -0.05) is 17.3 Å². The Hall–Kier alpha value is -2.11. The Morgan fingerprint density at radius 1 is 1.25 bits per heavy atom. The van der Waals surface area contributed by atoms with E-state index in [1.165, 1.54) is 18.3 Å². The molecule has 104 valence electrons. The van der Waals surface area contributed by atoms with Gasteiger partial charge in [0, 0.05) is 17.7 Å². The number of aromatic nitrogens is 3. The lowest BCUT2D eigenvalue weighted by Crippen LogP contribution is -2.01. The van der Waals surface area contributed by atoms with E-state index in [-0.39, 0.29) is 11.6 Å². The fourth-order valence-electron chi connectivity index (χ4n) is 2.20. The molecule has 1 unspecified atom stereocenters. The minimum atomic E-state index is -2.57. The van der Waals surface area contributed by atoms with Gasteiger partial charge in [0.2, 0.25) is 11.7 Å². The maximum Gasteiger partial charge on any atom is 0.280 e. The molecule has 0 aromatic carbocycles. The molecule has 0 aliphatic heterocycles. The summed E-state index contributed by atoms with van der Waals surface area (Å²) in [4.78, 5) is 8.03. The van der Waals surface area contributed by atoms with Crippen LogP contribution in [0.1, 0.15) is 43.2 Å². The molecule has 4 nitrogen and oxygen atoms in total. The summed E-state index contributed by atoms with van der Waals surface area (Å²) < 4.78 is 30.1. The third-order valence-electron chi connectivity index (χ3n) is 3.33. The van der Waals surface area contributed by atoms with Gasteiger partial charge in [-0.25, -0.2) is 8.78 Å². The zero-order valence-electron chi connectivity index (χ0n) is 10.7. The van der Waals surface area contributed by atoms with Gasteiger partial charge >= 0.3 is 0 Å². The van der Waals surface area contributed by atoms with Gasteiger partial charge in [-0.2, -0.15) is 4.98 Å². The Balaban J connectivity index is 1.80. The van der Waals surface area contributed by atoms with E-state index >= 15 is 0 Å². The van der Waals surface area contributed by atoms with Gasteiger partial charge in [0.15, 0.2) is 0 Å². The lowest BCUT2D eigenvalue weighted by atomic mass is 9.94. The zero-order chi connectivity index (χ0) is 13.9. The van der Waals surface area contributed by atoms with Gasteiger partial charge in [0.05, 0.1) is 0 Å². The molecule has 0 fully saturated rings. The summed E-state index contributed by atoms with van der Waals surface area (Å²) in [5.41, 5.74) is 0.325. The molecule has 0 spiro atoms. The first-order valence-corrected chi connectivity index (χ1v) is 6.47. The largest absolute Gasteiger partial charge is 0.339 e. The van der Waals surface area contributed by atoms with E-state index in [2.05, 4.69) is 27.3 Å². The highest BCUT2D eigenvalue weighted by Crippen LogP contribution is 2.29. The van der Waals surface area contributed by atoms with Crippen molar-refractivity contribution in [2.75, 3.05) is 0 Å². The second kappa shape index (κ2) is 5.48. The second-order valence-corrected chi connectivity index (χ2v) is 4.71. The summed E-state index contributed by atoms with van der Waals surface area (Å²) in [5.74, 6) is 1.24. The van der Waals surface area contributed by atoms with Gasteiger partial charge in [0.1, 0.15) is 5.69 Å². The highest BCUT2D eigenvalue weighted by Gasteiger charge is 2.20. The van der Waals surface area contributed by atoms with E-state index in [1.54, 1.807) is 0 Å². The van der Waals surface area contributed by atoms with Crippen molar-refractivity contribution in [3.8, 4) is 11.4 Å². The van der Waals surface area contributed by atoms with E-state index < -0.39 is 6.43 Å². The van der Waals surface area contributed by atoms with Crippen LogP contribution in [0.25, 0.3) is 11.4 Å². The van der Waals surface area contributed by atoms with Gasteiger partial charge in [0.25, 0.3) is 6.43 Å². The molecule has 1 aliphatic rings. The summed E-state index contributed by atoms with van der Waals surface area (Å²) in [6, 6.07) is 2.81. The van der Waals surface area contributed by atoms with Crippen LogP contribution in [-0.4, -0.2) is 15.1 Å². The van der Waals surface area contributed by atoms with Crippen LogP contribution < -0.4 is 0 Å². The van der Waals surface area contributed by atoms with Crippen LogP contribution >= 0.6 is 0 Å². The van der Waals surface area contributed by atoms with E-state index in [0.717, 1.165) is 19.3 Å². The van der Waals surface area contributed by atoms with Crippen molar-refractivity contribution in [3.63, 3.8) is 0 Å². The van der Waals surface area contributed by atoms with Gasteiger partial charge < -0.3 is 4.52 Å². The average Bonchev–Trinajstić information content (AvgIpc) is 2.98. The highest BCUT2D eigenvalue weighted by molar-refractivity contribution is 5.52. The maximum atomic E-state index is 12.4. The fourth-order valence-corrected chi connectivity index (χ4v) is 2.20. The molecule has 0 saturated heterocycles. The zero-order valence-corrected chi connectivity index (χ0v) is 10.7. The Morgan fingerprint density at radius 3 is 2.80 bits per heavy atom. The molecule has 6 heteroatoms. The van der Waals surface area contributed by atoms with E-state index in [4.69, 9.17) is 4.52 Å². The predicted octanol–water partition coefficient (Wildman–Crippen LogP) is 3.89. The van der Waals surface area contributed by atoms with E-state index in [9.17, 15) is 8.78 Å². The van der Waals surface area contributed by atoms with Crippen LogP contribution in [0.3, 0.4) is 0 Å². The molecular formula is C14H13F2N3O. The van der Waals surface area contributed by atoms with Gasteiger partial charge in [-0.3, -0.25) is 4.98 Å². The number of hydrogen-bond donors (Lipinski definition) is 0. The van der Waals surface area contributed by atoms with Crippen molar-refractivity contribution < 1.29 is 13.3 Å². The van der Waals surface area contributed by atoms with Gasteiger partial charge in [-0.05, 0) is 31.4 Å². The van der Waals surface area contributed by atoms with E-state index in [0.29, 0.717) is 17.3 Å². The molecule has 2 aromatic heterocycles. The molecule has 0 amide bonds.